The van der Waals surface area contributed by atoms with Gasteiger partial charge in [0, 0.05) is 24.2 Å². The average molecular weight is 220 g/mol. The van der Waals surface area contributed by atoms with Gasteiger partial charge in [-0.2, -0.15) is 0 Å². The third-order valence-electron chi connectivity index (χ3n) is 3.03. The van der Waals surface area contributed by atoms with E-state index in [0.29, 0.717) is 18.8 Å². The summed E-state index contributed by atoms with van der Waals surface area (Å²) in [5, 5.41) is 0. The Balaban J connectivity index is 1.96. The van der Waals surface area contributed by atoms with Gasteiger partial charge in [-0.15, -0.1) is 0 Å². The van der Waals surface area contributed by atoms with Gasteiger partial charge in [0.05, 0.1) is 13.5 Å². The second-order valence-electron chi connectivity index (χ2n) is 4.10. The lowest BCUT2D eigenvalue weighted by molar-refractivity contribution is -0.140. The first-order valence-electron chi connectivity index (χ1n) is 5.68. The molecule has 1 heterocycles. The Hall–Kier alpha value is -1.45. The van der Waals surface area contributed by atoms with Crippen LogP contribution in [-0.4, -0.2) is 23.0 Å². The minimum atomic E-state index is -0.211. The molecule has 0 aromatic carbocycles. The van der Waals surface area contributed by atoms with Crippen molar-refractivity contribution >= 4 is 5.97 Å². The van der Waals surface area contributed by atoms with Crippen LogP contribution >= 0.6 is 0 Å². The topological polar surface area (TPSA) is 52.1 Å². The number of methoxy groups -OCH3 is 1. The molecule has 0 bridgehead atoms. The van der Waals surface area contributed by atoms with E-state index >= 15 is 0 Å². The van der Waals surface area contributed by atoms with Gasteiger partial charge in [-0.25, -0.2) is 9.97 Å². The standard InChI is InChI=1S/C12H16N2O2/c1-16-12(15)6-5-11-13-8-7-10(14-11)9-3-2-4-9/h7-9H,2-6H2,1H3. The van der Waals surface area contributed by atoms with Gasteiger partial charge >= 0.3 is 5.97 Å². The van der Waals surface area contributed by atoms with Crippen molar-refractivity contribution < 1.29 is 9.53 Å². The molecule has 4 heteroatoms. The molecule has 0 spiro atoms. The zero-order valence-corrected chi connectivity index (χ0v) is 9.48. The van der Waals surface area contributed by atoms with Gasteiger partial charge < -0.3 is 4.74 Å². The summed E-state index contributed by atoms with van der Waals surface area (Å²) in [6, 6.07) is 1.98. The lowest BCUT2D eigenvalue weighted by atomic mass is 9.83. The smallest absolute Gasteiger partial charge is 0.305 e. The number of nitrogens with zero attached hydrogens (tertiary/aromatic N) is 2. The highest BCUT2D eigenvalue weighted by Gasteiger charge is 2.21. The first-order valence-corrected chi connectivity index (χ1v) is 5.68. The Morgan fingerprint density at radius 2 is 2.38 bits per heavy atom. The van der Waals surface area contributed by atoms with Crippen molar-refractivity contribution in [1.29, 1.82) is 0 Å². The Kier molecular flexibility index (Phi) is 3.49. The van der Waals surface area contributed by atoms with Gasteiger partial charge in [0.15, 0.2) is 0 Å². The lowest BCUT2D eigenvalue weighted by Crippen LogP contribution is -2.12. The molecule has 1 saturated carbocycles. The highest BCUT2D eigenvalue weighted by atomic mass is 16.5. The summed E-state index contributed by atoms with van der Waals surface area (Å²) in [6.45, 7) is 0. The number of aryl methyl sites for hydroxylation is 1. The fraction of sp³-hybridized carbons (Fsp3) is 0.583. The Morgan fingerprint density at radius 3 is 3.00 bits per heavy atom. The first-order chi connectivity index (χ1) is 7.79. The number of hydrogen-bond acceptors (Lipinski definition) is 4. The predicted octanol–water partition coefficient (Wildman–Crippen LogP) is 1.85. The largest absolute Gasteiger partial charge is 0.469 e. The number of ether oxygens (including phenoxy) is 1. The van der Waals surface area contributed by atoms with E-state index in [1.165, 1.54) is 26.4 Å². The van der Waals surface area contributed by atoms with Gasteiger partial charge in [0.2, 0.25) is 0 Å². The molecule has 86 valence electrons. The van der Waals surface area contributed by atoms with E-state index in [0.717, 1.165) is 11.5 Å². The molecular weight excluding hydrogens is 204 g/mol. The minimum Gasteiger partial charge on any atom is -0.469 e. The molecule has 2 rings (SSSR count). The molecule has 1 aromatic heterocycles. The third kappa shape index (κ3) is 2.56. The number of rotatable bonds is 4. The molecule has 1 aliphatic rings. The van der Waals surface area contributed by atoms with E-state index < -0.39 is 0 Å². The number of carbonyl (C=O) groups excluding carboxylic acids is 1. The van der Waals surface area contributed by atoms with E-state index in [1.54, 1.807) is 6.20 Å². The summed E-state index contributed by atoms with van der Waals surface area (Å²) in [6.07, 6.45) is 6.46. The maximum absolute atomic E-state index is 11.0. The van der Waals surface area contributed by atoms with Gasteiger partial charge in [-0.3, -0.25) is 4.79 Å². The van der Waals surface area contributed by atoms with E-state index in [-0.39, 0.29) is 5.97 Å². The van der Waals surface area contributed by atoms with Crippen LogP contribution in [0.2, 0.25) is 0 Å². The Morgan fingerprint density at radius 1 is 1.56 bits per heavy atom. The van der Waals surface area contributed by atoms with Gasteiger partial charge in [0.25, 0.3) is 0 Å². The second kappa shape index (κ2) is 5.05. The number of aromatic nitrogens is 2. The van der Waals surface area contributed by atoms with Crippen LogP contribution in [0.5, 0.6) is 0 Å². The molecule has 1 fully saturated rings. The summed E-state index contributed by atoms with van der Waals surface area (Å²) in [5.74, 6) is 1.15. The summed E-state index contributed by atoms with van der Waals surface area (Å²) < 4.78 is 4.59. The number of carbonyl (C=O) groups is 1. The van der Waals surface area contributed by atoms with Crippen molar-refractivity contribution in [3.63, 3.8) is 0 Å². The highest BCUT2D eigenvalue weighted by Crippen LogP contribution is 2.34. The van der Waals surface area contributed by atoms with Crippen molar-refractivity contribution in [2.75, 3.05) is 7.11 Å². The van der Waals surface area contributed by atoms with Crippen LogP contribution in [0.1, 0.15) is 43.1 Å². The zero-order chi connectivity index (χ0) is 11.4. The fourth-order valence-corrected chi connectivity index (χ4v) is 1.78. The molecule has 4 nitrogen and oxygen atoms in total. The number of esters is 1. The number of hydrogen-bond donors (Lipinski definition) is 0. The second-order valence-corrected chi connectivity index (χ2v) is 4.10. The van der Waals surface area contributed by atoms with Crippen molar-refractivity contribution in [3.8, 4) is 0 Å². The molecular formula is C12H16N2O2. The molecule has 0 radical (unpaired) electrons. The monoisotopic (exact) mass is 220 g/mol. The maximum Gasteiger partial charge on any atom is 0.305 e. The van der Waals surface area contributed by atoms with Crippen molar-refractivity contribution in [1.82, 2.24) is 9.97 Å². The van der Waals surface area contributed by atoms with Crippen LogP contribution in [0, 0.1) is 0 Å². The third-order valence-corrected chi connectivity index (χ3v) is 3.03. The van der Waals surface area contributed by atoms with E-state index in [9.17, 15) is 4.79 Å². The first kappa shape index (κ1) is 11.0. The molecule has 0 saturated heterocycles. The Bertz CT molecular complexity index is 375. The van der Waals surface area contributed by atoms with Crippen molar-refractivity contribution in [2.45, 2.75) is 38.0 Å². The molecule has 0 aliphatic heterocycles. The van der Waals surface area contributed by atoms with Crippen LogP contribution in [0.25, 0.3) is 0 Å². The normalized spacial score (nSPS) is 15.6. The maximum atomic E-state index is 11.0. The van der Waals surface area contributed by atoms with Crippen LogP contribution in [0.3, 0.4) is 0 Å². The molecule has 16 heavy (non-hydrogen) atoms. The summed E-state index contributed by atoms with van der Waals surface area (Å²) in [4.78, 5) is 19.6. The quantitative estimate of drug-likeness (QED) is 0.727. The van der Waals surface area contributed by atoms with E-state index in [4.69, 9.17) is 0 Å². The fourth-order valence-electron chi connectivity index (χ4n) is 1.78. The average Bonchev–Trinajstić information content (AvgIpc) is 2.24. The minimum absolute atomic E-state index is 0.211. The van der Waals surface area contributed by atoms with Crippen LogP contribution in [0.4, 0.5) is 0 Å². The lowest BCUT2D eigenvalue weighted by Gasteiger charge is -2.24. The molecule has 1 aromatic rings. The summed E-state index contributed by atoms with van der Waals surface area (Å²) >= 11 is 0. The SMILES string of the molecule is COC(=O)CCc1nccc(C2CCC2)n1. The van der Waals surface area contributed by atoms with E-state index in [2.05, 4.69) is 14.7 Å². The Labute approximate surface area is 95.1 Å². The molecule has 1 aliphatic carbocycles. The van der Waals surface area contributed by atoms with E-state index in [1.807, 2.05) is 6.07 Å². The molecule has 0 atom stereocenters. The van der Waals surface area contributed by atoms with Gasteiger partial charge in [0.1, 0.15) is 5.82 Å². The molecule has 0 amide bonds. The van der Waals surface area contributed by atoms with Crippen LogP contribution in [0.15, 0.2) is 12.3 Å². The molecule has 0 N–H and O–H groups in total. The van der Waals surface area contributed by atoms with Gasteiger partial charge in [-0.1, -0.05) is 6.42 Å². The summed E-state index contributed by atoms with van der Waals surface area (Å²) in [7, 11) is 1.40. The summed E-state index contributed by atoms with van der Waals surface area (Å²) in [5.41, 5.74) is 1.13. The van der Waals surface area contributed by atoms with Crippen molar-refractivity contribution in [3.05, 3.63) is 23.8 Å². The highest BCUT2D eigenvalue weighted by molar-refractivity contribution is 5.69. The predicted molar refractivity (Wildman–Crippen MR) is 59.0 cm³/mol. The van der Waals surface area contributed by atoms with Crippen LogP contribution in [-0.2, 0) is 16.0 Å². The van der Waals surface area contributed by atoms with Crippen molar-refractivity contribution in [2.24, 2.45) is 0 Å². The van der Waals surface area contributed by atoms with Gasteiger partial charge in [-0.05, 0) is 18.9 Å². The zero-order valence-electron chi connectivity index (χ0n) is 9.48. The van der Waals surface area contributed by atoms with Crippen LogP contribution < -0.4 is 0 Å². The molecule has 0 unspecified atom stereocenters.